The lowest BCUT2D eigenvalue weighted by Crippen LogP contribution is -2.15. The van der Waals surface area contributed by atoms with Crippen molar-refractivity contribution in [1.29, 1.82) is 5.41 Å². The summed E-state index contributed by atoms with van der Waals surface area (Å²) >= 11 is 0. The van der Waals surface area contributed by atoms with E-state index in [4.69, 9.17) is 19.3 Å². The van der Waals surface area contributed by atoms with Crippen LogP contribution in [0.3, 0.4) is 0 Å². The van der Waals surface area contributed by atoms with Crippen molar-refractivity contribution in [2.45, 2.75) is 13.8 Å². The van der Waals surface area contributed by atoms with E-state index in [0.717, 1.165) is 0 Å². The number of carbonyl (C=O) groups is 1. The van der Waals surface area contributed by atoms with E-state index >= 15 is 0 Å². The molecule has 0 aliphatic carbocycles. The van der Waals surface area contributed by atoms with Gasteiger partial charge in [-0.1, -0.05) is 6.07 Å². The van der Waals surface area contributed by atoms with Crippen LogP contribution in [-0.4, -0.2) is 59.7 Å². The lowest BCUT2D eigenvalue weighted by molar-refractivity contribution is 0.0526. The van der Waals surface area contributed by atoms with Gasteiger partial charge >= 0.3 is 5.97 Å². The van der Waals surface area contributed by atoms with Gasteiger partial charge in [-0.05, 0) is 19.1 Å². The van der Waals surface area contributed by atoms with Gasteiger partial charge in [-0.15, -0.1) is 10.2 Å². The van der Waals surface area contributed by atoms with Crippen LogP contribution in [-0.2, 0) is 4.74 Å². The molecule has 0 fully saturated rings. The number of esters is 1. The molecular formula is C22H26N8O4. The van der Waals surface area contributed by atoms with Gasteiger partial charge in [-0.25, -0.2) is 9.78 Å². The first-order valence-corrected chi connectivity index (χ1v) is 10.4. The number of aryl methyl sites for hydroxylation is 1. The number of para-hydroxylation sites is 1. The Kier molecular flexibility index (Phi) is 8.11. The van der Waals surface area contributed by atoms with E-state index in [1.807, 2.05) is 0 Å². The fraction of sp³-hybridized carbons (Fsp3) is 0.273. The molecule has 0 unspecified atom stereocenters. The fourth-order valence-electron chi connectivity index (χ4n) is 2.99. The van der Waals surface area contributed by atoms with Gasteiger partial charge in [0.25, 0.3) is 5.89 Å². The zero-order valence-corrected chi connectivity index (χ0v) is 19.3. The third-order valence-electron chi connectivity index (χ3n) is 4.48. The average Bonchev–Trinajstić information content (AvgIpc) is 3.28. The van der Waals surface area contributed by atoms with Crippen molar-refractivity contribution >= 4 is 29.6 Å². The molecule has 0 atom stereocenters. The summed E-state index contributed by atoms with van der Waals surface area (Å²) < 4.78 is 16.3. The molecule has 178 valence electrons. The van der Waals surface area contributed by atoms with Crippen LogP contribution in [0.5, 0.6) is 5.75 Å². The predicted octanol–water partition coefficient (Wildman–Crippen LogP) is 2.93. The van der Waals surface area contributed by atoms with Crippen molar-refractivity contribution in [1.82, 2.24) is 25.5 Å². The second-order valence-corrected chi connectivity index (χ2v) is 6.82. The summed E-state index contributed by atoms with van der Waals surface area (Å²) in [4.78, 5) is 21.2. The molecular weight excluding hydrogens is 440 g/mol. The molecule has 0 radical (unpaired) electrons. The number of carbonyl (C=O) groups excluding carboxylic acids is 1. The first-order chi connectivity index (χ1) is 16.5. The molecule has 0 amide bonds. The maximum atomic E-state index is 12.5. The number of anilines is 3. The third kappa shape index (κ3) is 5.65. The molecule has 0 aliphatic heterocycles. The number of hydrogen-bond donors (Lipinski definition) is 4. The Morgan fingerprint density at radius 2 is 2.12 bits per heavy atom. The van der Waals surface area contributed by atoms with Gasteiger partial charge in [-0.2, -0.15) is 4.98 Å². The van der Waals surface area contributed by atoms with Crippen LogP contribution in [0.25, 0.3) is 11.5 Å². The van der Waals surface area contributed by atoms with Gasteiger partial charge < -0.3 is 35.3 Å². The van der Waals surface area contributed by atoms with Crippen molar-refractivity contribution in [2.75, 3.05) is 37.9 Å². The summed E-state index contributed by atoms with van der Waals surface area (Å²) in [6.07, 6.45) is 4.27. The number of methoxy groups -OCH3 is 1. The lowest BCUT2D eigenvalue weighted by atomic mass is 10.1. The first kappa shape index (κ1) is 24.2. The molecule has 0 bridgehead atoms. The molecule has 3 rings (SSSR count). The topological polar surface area (TPSA) is 160 Å². The Hall–Kier alpha value is -4.48. The van der Waals surface area contributed by atoms with E-state index in [1.165, 1.54) is 19.5 Å². The zero-order valence-electron chi connectivity index (χ0n) is 19.3. The Bertz CT molecular complexity index is 1190. The summed E-state index contributed by atoms with van der Waals surface area (Å²) in [5.74, 6) is 1.03. The van der Waals surface area contributed by atoms with Crippen LogP contribution in [0.2, 0.25) is 0 Å². The minimum atomic E-state index is -0.575. The number of nitrogens with one attached hydrogen (secondary N) is 4. The molecule has 34 heavy (non-hydrogen) atoms. The van der Waals surface area contributed by atoms with E-state index < -0.39 is 5.97 Å². The van der Waals surface area contributed by atoms with Crippen molar-refractivity contribution in [3.05, 3.63) is 47.6 Å². The Balaban J connectivity index is 1.99. The summed E-state index contributed by atoms with van der Waals surface area (Å²) in [5.41, 5.74) is 1.91. The summed E-state index contributed by atoms with van der Waals surface area (Å²) in [6.45, 7) is 3.92. The monoisotopic (exact) mass is 466 g/mol. The zero-order chi connectivity index (χ0) is 24.5. The molecule has 0 saturated carbocycles. The molecule has 2 heterocycles. The van der Waals surface area contributed by atoms with Gasteiger partial charge in [0, 0.05) is 44.7 Å². The highest BCUT2D eigenvalue weighted by atomic mass is 16.5. The number of nitrogens with zero attached hydrogens (tertiary/aromatic N) is 4. The summed E-state index contributed by atoms with van der Waals surface area (Å²) in [5, 5.41) is 24.4. The molecule has 0 aliphatic rings. The number of benzene rings is 1. The largest absolute Gasteiger partial charge is 0.494 e. The molecule has 2 aromatic heterocycles. The minimum absolute atomic E-state index is 0.145. The van der Waals surface area contributed by atoms with Crippen LogP contribution in [0, 0.1) is 12.3 Å². The molecule has 12 nitrogen and oxygen atoms in total. The van der Waals surface area contributed by atoms with Gasteiger partial charge in [0.1, 0.15) is 5.56 Å². The standard InChI is InChI=1S/C22H26N8O4/c1-5-33-21(31)16-12-26-22(25-11-14(9-23)10-24-3)28-19(16)27-17-8-6-7-15(18(17)32-4)20-30-29-13(2)34-20/h6-10,12,23-24H,5,11H2,1-4H3,(H2,25,26,27,28)/b14-10+,23-9?. The van der Waals surface area contributed by atoms with Gasteiger partial charge in [0.05, 0.1) is 25.0 Å². The van der Waals surface area contributed by atoms with Crippen LogP contribution in [0.4, 0.5) is 17.5 Å². The van der Waals surface area contributed by atoms with Crippen LogP contribution in [0.15, 0.2) is 40.6 Å². The summed E-state index contributed by atoms with van der Waals surface area (Å²) in [7, 11) is 3.26. The van der Waals surface area contributed by atoms with Gasteiger partial charge in [0.2, 0.25) is 11.8 Å². The molecule has 0 saturated heterocycles. The highest BCUT2D eigenvalue weighted by molar-refractivity contribution is 5.96. The van der Waals surface area contributed by atoms with E-state index in [1.54, 1.807) is 45.3 Å². The molecule has 12 heteroatoms. The maximum Gasteiger partial charge on any atom is 0.343 e. The quantitative estimate of drug-likeness (QED) is 0.243. The normalized spacial score (nSPS) is 11.0. The predicted molar refractivity (Wildman–Crippen MR) is 127 cm³/mol. The Labute approximate surface area is 196 Å². The van der Waals surface area contributed by atoms with Gasteiger partial charge in [0.15, 0.2) is 11.6 Å². The number of aromatic nitrogens is 4. The second kappa shape index (κ2) is 11.4. The van der Waals surface area contributed by atoms with Crippen LogP contribution in [0.1, 0.15) is 23.2 Å². The number of hydrogen-bond acceptors (Lipinski definition) is 12. The van der Waals surface area contributed by atoms with E-state index in [9.17, 15) is 4.79 Å². The second-order valence-electron chi connectivity index (χ2n) is 6.82. The van der Waals surface area contributed by atoms with E-state index in [-0.39, 0.29) is 23.9 Å². The van der Waals surface area contributed by atoms with Crippen molar-refractivity contribution < 1.29 is 18.7 Å². The smallest absolute Gasteiger partial charge is 0.343 e. The Morgan fingerprint density at radius 1 is 1.29 bits per heavy atom. The molecule has 3 aromatic rings. The van der Waals surface area contributed by atoms with Crippen molar-refractivity contribution in [3.63, 3.8) is 0 Å². The SMILES string of the molecule is CCOC(=O)c1cnc(NC/C(C=N)=C/NC)nc1Nc1cccc(-c2nnc(C)o2)c1OC. The molecule has 1 aromatic carbocycles. The number of rotatable bonds is 11. The first-order valence-electron chi connectivity index (χ1n) is 10.4. The van der Waals surface area contributed by atoms with E-state index in [0.29, 0.717) is 40.9 Å². The highest BCUT2D eigenvalue weighted by Crippen LogP contribution is 2.37. The minimum Gasteiger partial charge on any atom is -0.494 e. The maximum absolute atomic E-state index is 12.5. The average molecular weight is 467 g/mol. The van der Waals surface area contributed by atoms with Crippen molar-refractivity contribution in [2.24, 2.45) is 0 Å². The van der Waals surface area contributed by atoms with E-state index in [2.05, 4.69) is 36.1 Å². The lowest BCUT2D eigenvalue weighted by Gasteiger charge is -2.16. The Morgan fingerprint density at radius 3 is 2.76 bits per heavy atom. The highest BCUT2D eigenvalue weighted by Gasteiger charge is 2.20. The van der Waals surface area contributed by atoms with Crippen LogP contribution < -0.4 is 20.7 Å². The van der Waals surface area contributed by atoms with Crippen molar-refractivity contribution in [3.8, 4) is 17.2 Å². The molecule has 0 spiro atoms. The number of ether oxygens (including phenoxy) is 2. The third-order valence-corrected chi connectivity index (χ3v) is 4.48. The summed E-state index contributed by atoms with van der Waals surface area (Å²) in [6, 6.07) is 5.32. The van der Waals surface area contributed by atoms with Gasteiger partial charge in [-0.3, -0.25) is 0 Å². The van der Waals surface area contributed by atoms with Crippen LogP contribution >= 0.6 is 0 Å². The fourth-order valence-corrected chi connectivity index (χ4v) is 2.99. The molecule has 4 N–H and O–H groups in total.